The molecule has 0 atom stereocenters. The van der Waals surface area contributed by atoms with Gasteiger partial charge in [0.05, 0.1) is 5.52 Å². The normalized spacial score (nSPS) is 11.5. The first-order chi connectivity index (χ1) is 7.08. The molecular weight excluding hydrogens is 186 g/mol. The second kappa shape index (κ2) is 3.57. The fraction of sp³-hybridized carbons (Fsp3) is 0.417. The van der Waals surface area contributed by atoms with Crippen LogP contribution in [0, 0.1) is 5.92 Å². The summed E-state index contributed by atoms with van der Waals surface area (Å²) in [7, 11) is 1.99. The molecule has 1 aromatic carbocycles. The van der Waals surface area contributed by atoms with Crippen LogP contribution in [0.1, 0.15) is 19.5 Å². The predicted octanol–water partition coefficient (Wildman–Crippen LogP) is 2.35. The third-order valence-electron chi connectivity index (χ3n) is 2.58. The highest BCUT2D eigenvalue weighted by molar-refractivity contribution is 5.84. The Morgan fingerprint density at radius 2 is 2.13 bits per heavy atom. The lowest BCUT2D eigenvalue weighted by molar-refractivity contribution is 0.599. The van der Waals surface area contributed by atoms with E-state index in [4.69, 9.17) is 5.73 Å². The molecule has 2 N–H and O–H groups in total. The molecule has 0 spiro atoms. The Labute approximate surface area is 89.9 Å². The van der Waals surface area contributed by atoms with E-state index in [1.165, 1.54) is 11.1 Å². The van der Waals surface area contributed by atoms with Crippen molar-refractivity contribution < 1.29 is 0 Å². The average Bonchev–Trinajstić information content (AvgIpc) is 2.41. The van der Waals surface area contributed by atoms with Crippen LogP contribution < -0.4 is 5.73 Å². The van der Waals surface area contributed by atoms with Gasteiger partial charge in [-0.05, 0) is 30.5 Å². The Hall–Kier alpha value is -1.51. The Balaban J connectivity index is 2.58. The molecule has 80 valence electrons. The minimum Gasteiger partial charge on any atom is -0.399 e. The monoisotopic (exact) mass is 203 g/mol. The first-order valence-corrected chi connectivity index (χ1v) is 5.29. The zero-order valence-electron chi connectivity index (χ0n) is 9.49. The molecule has 0 aliphatic carbocycles. The molecule has 2 rings (SSSR count). The SMILES string of the molecule is CC(C)Cc1c2ccc(N)cc2nn1C. The van der Waals surface area contributed by atoms with Crippen LogP contribution in [0.4, 0.5) is 5.69 Å². The Morgan fingerprint density at radius 3 is 2.80 bits per heavy atom. The quantitative estimate of drug-likeness (QED) is 0.761. The standard InChI is InChI=1S/C12H17N3/c1-8(2)6-12-10-5-4-9(13)7-11(10)14-15(12)3/h4-5,7-8H,6,13H2,1-3H3. The van der Waals surface area contributed by atoms with E-state index in [2.05, 4.69) is 25.0 Å². The van der Waals surface area contributed by atoms with Crippen LogP contribution in [0.3, 0.4) is 0 Å². The smallest absolute Gasteiger partial charge is 0.0946 e. The Kier molecular flexibility index (Phi) is 2.39. The van der Waals surface area contributed by atoms with Crippen LogP contribution in [0.5, 0.6) is 0 Å². The van der Waals surface area contributed by atoms with E-state index in [0.717, 1.165) is 17.6 Å². The maximum atomic E-state index is 5.74. The maximum absolute atomic E-state index is 5.74. The third-order valence-corrected chi connectivity index (χ3v) is 2.58. The first-order valence-electron chi connectivity index (χ1n) is 5.29. The van der Waals surface area contributed by atoms with Gasteiger partial charge in [-0.25, -0.2) is 0 Å². The zero-order chi connectivity index (χ0) is 11.0. The molecule has 0 saturated heterocycles. The van der Waals surface area contributed by atoms with Crippen molar-refractivity contribution in [3.63, 3.8) is 0 Å². The molecule has 0 fully saturated rings. The van der Waals surface area contributed by atoms with Crippen molar-refractivity contribution in [1.29, 1.82) is 0 Å². The third kappa shape index (κ3) is 1.82. The summed E-state index contributed by atoms with van der Waals surface area (Å²) >= 11 is 0. The summed E-state index contributed by atoms with van der Waals surface area (Å²) < 4.78 is 1.96. The molecule has 0 aliphatic heterocycles. The molecule has 0 radical (unpaired) electrons. The number of hydrogen-bond donors (Lipinski definition) is 1. The molecule has 0 amide bonds. The molecule has 2 aromatic rings. The summed E-state index contributed by atoms with van der Waals surface area (Å²) in [5, 5.41) is 5.69. The molecule has 3 nitrogen and oxygen atoms in total. The summed E-state index contributed by atoms with van der Waals surface area (Å²) in [5.74, 6) is 0.640. The van der Waals surface area contributed by atoms with Gasteiger partial charge < -0.3 is 5.73 Å². The number of nitrogens with zero attached hydrogens (tertiary/aromatic N) is 2. The van der Waals surface area contributed by atoms with Crippen molar-refractivity contribution in [2.24, 2.45) is 13.0 Å². The van der Waals surface area contributed by atoms with Crippen LogP contribution >= 0.6 is 0 Å². The van der Waals surface area contributed by atoms with Gasteiger partial charge in [-0.1, -0.05) is 13.8 Å². The second-order valence-electron chi connectivity index (χ2n) is 4.44. The summed E-state index contributed by atoms with van der Waals surface area (Å²) in [5.41, 5.74) is 8.80. The van der Waals surface area contributed by atoms with Gasteiger partial charge in [0.1, 0.15) is 0 Å². The van der Waals surface area contributed by atoms with Crippen LogP contribution in [-0.4, -0.2) is 9.78 Å². The zero-order valence-corrected chi connectivity index (χ0v) is 9.49. The average molecular weight is 203 g/mol. The number of nitrogens with two attached hydrogens (primary N) is 1. The molecule has 1 heterocycles. The number of benzene rings is 1. The molecule has 0 aliphatic rings. The summed E-state index contributed by atoms with van der Waals surface area (Å²) in [6, 6.07) is 5.93. The van der Waals surface area contributed by atoms with E-state index in [1.54, 1.807) is 0 Å². The van der Waals surface area contributed by atoms with Gasteiger partial charge in [-0.2, -0.15) is 5.10 Å². The number of aryl methyl sites for hydroxylation is 1. The van der Waals surface area contributed by atoms with E-state index in [9.17, 15) is 0 Å². The predicted molar refractivity (Wildman–Crippen MR) is 63.7 cm³/mol. The Bertz CT molecular complexity index is 483. The highest BCUT2D eigenvalue weighted by Crippen LogP contribution is 2.22. The maximum Gasteiger partial charge on any atom is 0.0946 e. The highest BCUT2D eigenvalue weighted by Gasteiger charge is 2.10. The molecule has 0 unspecified atom stereocenters. The molecular formula is C12H17N3. The molecule has 15 heavy (non-hydrogen) atoms. The number of aromatic nitrogens is 2. The minimum atomic E-state index is 0.640. The number of rotatable bonds is 2. The second-order valence-corrected chi connectivity index (χ2v) is 4.44. The topological polar surface area (TPSA) is 43.8 Å². The van der Waals surface area contributed by atoms with Gasteiger partial charge in [-0.15, -0.1) is 0 Å². The van der Waals surface area contributed by atoms with Crippen LogP contribution in [0.2, 0.25) is 0 Å². The van der Waals surface area contributed by atoms with E-state index >= 15 is 0 Å². The van der Waals surface area contributed by atoms with Crippen LogP contribution in [-0.2, 0) is 13.5 Å². The summed E-state index contributed by atoms with van der Waals surface area (Å²) in [6.45, 7) is 4.44. The van der Waals surface area contributed by atoms with Gasteiger partial charge in [0.25, 0.3) is 0 Å². The van der Waals surface area contributed by atoms with Crippen molar-refractivity contribution in [1.82, 2.24) is 9.78 Å². The highest BCUT2D eigenvalue weighted by atomic mass is 15.3. The Morgan fingerprint density at radius 1 is 1.40 bits per heavy atom. The number of hydrogen-bond acceptors (Lipinski definition) is 2. The van der Waals surface area contributed by atoms with Gasteiger partial charge in [0.2, 0.25) is 0 Å². The minimum absolute atomic E-state index is 0.640. The molecule has 3 heteroatoms. The van der Waals surface area contributed by atoms with Gasteiger partial charge in [0.15, 0.2) is 0 Å². The molecule has 0 saturated carbocycles. The van der Waals surface area contributed by atoms with Crippen LogP contribution in [0.15, 0.2) is 18.2 Å². The van der Waals surface area contributed by atoms with Crippen molar-refractivity contribution in [3.8, 4) is 0 Å². The number of nitrogen functional groups attached to an aromatic ring is 1. The van der Waals surface area contributed by atoms with Gasteiger partial charge in [0, 0.05) is 23.8 Å². The van der Waals surface area contributed by atoms with E-state index in [0.29, 0.717) is 5.92 Å². The number of fused-ring (bicyclic) bond motifs is 1. The van der Waals surface area contributed by atoms with Crippen molar-refractivity contribution in [2.45, 2.75) is 20.3 Å². The summed E-state index contributed by atoms with van der Waals surface area (Å²) in [4.78, 5) is 0. The van der Waals surface area contributed by atoms with Gasteiger partial charge >= 0.3 is 0 Å². The van der Waals surface area contributed by atoms with Crippen molar-refractivity contribution in [2.75, 3.05) is 5.73 Å². The first kappa shape index (κ1) is 10.0. The van der Waals surface area contributed by atoms with E-state index in [-0.39, 0.29) is 0 Å². The number of anilines is 1. The molecule has 1 aromatic heterocycles. The largest absolute Gasteiger partial charge is 0.399 e. The van der Waals surface area contributed by atoms with E-state index in [1.807, 2.05) is 23.9 Å². The fourth-order valence-electron chi connectivity index (χ4n) is 1.90. The fourth-order valence-corrected chi connectivity index (χ4v) is 1.90. The molecule has 0 bridgehead atoms. The van der Waals surface area contributed by atoms with E-state index < -0.39 is 0 Å². The van der Waals surface area contributed by atoms with Crippen LogP contribution in [0.25, 0.3) is 10.9 Å². The van der Waals surface area contributed by atoms with Crippen molar-refractivity contribution >= 4 is 16.6 Å². The lowest BCUT2D eigenvalue weighted by Gasteiger charge is -2.05. The lowest BCUT2D eigenvalue weighted by Crippen LogP contribution is -2.02. The van der Waals surface area contributed by atoms with Crippen molar-refractivity contribution in [3.05, 3.63) is 23.9 Å². The summed E-state index contributed by atoms with van der Waals surface area (Å²) in [6.07, 6.45) is 1.05. The lowest BCUT2D eigenvalue weighted by atomic mass is 10.0. The van der Waals surface area contributed by atoms with Gasteiger partial charge in [-0.3, -0.25) is 4.68 Å².